The number of carbonyl (C=O) groups excluding carboxylic acids is 1. The third kappa shape index (κ3) is 5.49. The molecule has 104 valence electrons. The van der Waals surface area contributed by atoms with Crippen LogP contribution in [0.2, 0.25) is 0 Å². The normalized spacial score (nSPS) is 16.8. The van der Waals surface area contributed by atoms with E-state index in [1.807, 2.05) is 11.9 Å². The monoisotopic (exact) mass is 256 g/mol. The van der Waals surface area contributed by atoms with E-state index in [0.717, 1.165) is 45.3 Å². The lowest BCUT2D eigenvalue weighted by Crippen LogP contribution is -2.38. The maximum atomic E-state index is 11.8. The summed E-state index contributed by atoms with van der Waals surface area (Å²) in [4.78, 5) is 24.3. The Labute approximate surface area is 109 Å². The van der Waals surface area contributed by atoms with E-state index in [1.54, 1.807) is 0 Å². The molecular weight excluding hydrogens is 232 g/mol. The molecule has 1 aliphatic heterocycles. The number of carbonyl (C=O) groups is 2. The van der Waals surface area contributed by atoms with Gasteiger partial charge in [0, 0.05) is 25.9 Å². The van der Waals surface area contributed by atoms with Gasteiger partial charge in [-0.25, -0.2) is 0 Å². The van der Waals surface area contributed by atoms with Crippen LogP contribution in [0.5, 0.6) is 0 Å². The van der Waals surface area contributed by atoms with E-state index in [-0.39, 0.29) is 12.3 Å². The molecule has 0 saturated carbocycles. The van der Waals surface area contributed by atoms with Gasteiger partial charge in [0.25, 0.3) is 0 Å². The second-order valence-corrected chi connectivity index (χ2v) is 4.96. The minimum atomic E-state index is -0.722. The van der Waals surface area contributed by atoms with E-state index in [1.165, 1.54) is 0 Å². The van der Waals surface area contributed by atoms with Crippen molar-refractivity contribution >= 4 is 11.9 Å². The molecule has 0 aromatic heterocycles. The van der Waals surface area contributed by atoms with E-state index >= 15 is 0 Å². The second kappa shape index (κ2) is 8.08. The Hall–Kier alpha value is -1.10. The minimum Gasteiger partial charge on any atom is -0.481 e. The summed E-state index contributed by atoms with van der Waals surface area (Å²) < 4.78 is 0. The Balaban J connectivity index is 2.17. The molecule has 1 amide bonds. The van der Waals surface area contributed by atoms with Gasteiger partial charge in [-0.2, -0.15) is 0 Å². The molecule has 1 aliphatic rings. The van der Waals surface area contributed by atoms with Crippen LogP contribution in [0.3, 0.4) is 0 Å². The zero-order chi connectivity index (χ0) is 13.4. The Bertz CT molecular complexity index is 273. The van der Waals surface area contributed by atoms with E-state index in [0.29, 0.717) is 12.3 Å². The quantitative estimate of drug-likeness (QED) is 0.669. The van der Waals surface area contributed by atoms with Gasteiger partial charge in [0.05, 0.1) is 0 Å². The number of likely N-dealkylation sites (tertiary alicyclic amines) is 1. The summed E-state index contributed by atoms with van der Waals surface area (Å²) >= 11 is 0. The maximum Gasteiger partial charge on any atom is 0.303 e. The molecule has 0 aromatic rings. The molecule has 0 atom stereocenters. The van der Waals surface area contributed by atoms with Gasteiger partial charge in [-0.15, -0.1) is 0 Å². The third-order valence-corrected chi connectivity index (χ3v) is 3.55. The number of carboxylic acid groups (broad SMARTS) is 1. The number of nitrogens with zero attached hydrogens (tertiary/aromatic N) is 1. The molecule has 5 nitrogen and oxygen atoms in total. The zero-order valence-corrected chi connectivity index (χ0v) is 11.2. The second-order valence-electron chi connectivity index (χ2n) is 4.96. The molecule has 1 rings (SSSR count). The molecule has 0 radical (unpaired) electrons. The van der Waals surface area contributed by atoms with Crippen molar-refractivity contribution in [1.29, 1.82) is 0 Å². The molecule has 1 heterocycles. The Morgan fingerprint density at radius 3 is 2.50 bits per heavy atom. The molecule has 18 heavy (non-hydrogen) atoms. The highest BCUT2D eigenvalue weighted by atomic mass is 16.4. The highest BCUT2D eigenvalue weighted by Crippen LogP contribution is 2.22. The summed E-state index contributed by atoms with van der Waals surface area (Å²) in [6, 6.07) is 0. The number of carboxylic acids is 1. The van der Waals surface area contributed by atoms with Crippen LogP contribution in [-0.4, -0.2) is 48.6 Å². The van der Waals surface area contributed by atoms with Crippen LogP contribution < -0.4 is 5.32 Å². The van der Waals surface area contributed by atoms with Crippen LogP contribution in [0.4, 0.5) is 0 Å². The molecular formula is C13H24N2O3. The number of amides is 1. The lowest BCUT2D eigenvalue weighted by atomic mass is 9.92. The molecule has 1 fully saturated rings. The van der Waals surface area contributed by atoms with Crippen LogP contribution in [0, 0.1) is 5.92 Å². The molecule has 0 aliphatic carbocycles. The summed E-state index contributed by atoms with van der Waals surface area (Å²) in [6.45, 7) is 2.46. The Kier molecular flexibility index (Phi) is 6.72. The summed E-state index contributed by atoms with van der Waals surface area (Å²) in [7, 11) is 1.89. The van der Waals surface area contributed by atoms with Crippen molar-refractivity contribution in [2.24, 2.45) is 5.92 Å². The van der Waals surface area contributed by atoms with Crippen molar-refractivity contribution in [3.8, 4) is 0 Å². The molecule has 0 bridgehead atoms. The fourth-order valence-corrected chi connectivity index (χ4v) is 2.37. The van der Waals surface area contributed by atoms with Gasteiger partial charge in [0.1, 0.15) is 0 Å². The minimum absolute atomic E-state index is 0.238. The van der Waals surface area contributed by atoms with E-state index in [4.69, 9.17) is 5.11 Å². The van der Waals surface area contributed by atoms with E-state index < -0.39 is 5.97 Å². The van der Waals surface area contributed by atoms with Crippen molar-refractivity contribution in [2.45, 2.75) is 38.5 Å². The van der Waals surface area contributed by atoms with Gasteiger partial charge in [0.15, 0.2) is 0 Å². The first kappa shape index (κ1) is 15.0. The SMILES string of the molecule is CNCCCC(=O)N1CCC(CCC(=O)O)CC1. The topological polar surface area (TPSA) is 69.6 Å². The smallest absolute Gasteiger partial charge is 0.303 e. The van der Waals surface area contributed by atoms with Crippen molar-refractivity contribution in [1.82, 2.24) is 10.2 Å². The highest BCUT2D eigenvalue weighted by molar-refractivity contribution is 5.76. The van der Waals surface area contributed by atoms with Crippen molar-refractivity contribution in [2.75, 3.05) is 26.7 Å². The predicted molar refractivity (Wildman–Crippen MR) is 69.3 cm³/mol. The first-order valence-corrected chi connectivity index (χ1v) is 6.77. The largest absolute Gasteiger partial charge is 0.481 e. The first-order valence-electron chi connectivity index (χ1n) is 6.77. The number of hydrogen-bond acceptors (Lipinski definition) is 3. The number of hydrogen-bond donors (Lipinski definition) is 2. The Morgan fingerprint density at radius 2 is 1.94 bits per heavy atom. The van der Waals surface area contributed by atoms with Gasteiger partial charge in [-0.05, 0) is 45.2 Å². The molecule has 0 spiro atoms. The third-order valence-electron chi connectivity index (χ3n) is 3.55. The van der Waals surface area contributed by atoms with Gasteiger partial charge in [-0.3, -0.25) is 9.59 Å². The maximum absolute atomic E-state index is 11.8. The molecule has 2 N–H and O–H groups in total. The van der Waals surface area contributed by atoms with Gasteiger partial charge >= 0.3 is 5.97 Å². The number of nitrogens with one attached hydrogen (secondary N) is 1. The number of rotatable bonds is 7. The zero-order valence-electron chi connectivity index (χ0n) is 11.2. The summed E-state index contributed by atoms with van der Waals surface area (Å²) in [5, 5.41) is 11.7. The summed E-state index contributed by atoms with van der Waals surface area (Å²) in [5.74, 6) is -0.00929. The van der Waals surface area contributed by atoms with Crippen LogP contribution in [0.15, 0.2) is 0 Å². The van der Waals surface area contributed by atoms with Crippen LogP contribution >= 0.6 is 0 Å². The molecule has 0 aromatic carbocycles. The molecule has 1 saturated heterocycles. The fraction of sp³-hybridized carbons (Fsp3) is 0.846. The summed E-state index contributed by atoms with van der Waals surface area (Å²) in [5.41, 5.74) is 0. The van der Waals surface area contributed by atoms with Gasteiger partial charge in [0.2, 0.25) is 5.91 Å². The lowest BCUT2D eigenvalue weighted by molar-refractivity contribution is -0.138. The van der Waals surface area contributed by atoms with E-state index in [2.05, 4.69) is 5.32 Å². The molecule has 5 heteroatoms. The fourth-order valence-electron chi connectivity index (χ4n) is 2.37. The average molecular weight is 256 g/mol. The summed E-state index contributed by atoms with van der Waals surface area (Å²) in [6.07, 6.45) is 4.39. The molecule has 0 unspecified atom stereocenters. The van der Waals surface area contributed by atoms with Crippen LogP contribution in [0.1, 0.15) is 38.5 Å². The first-order chi connectivity index (χ1) is 8.63. The van der Waals surface area contributed by atoms with Crippen molar-refractivity contribution in [3.05, 3.63) is 0 Å². The van der Waals surface area contributed by atoms with Crippen LogP contribution in [-0.2, 0) is 9.59 Å². The van der Waals surface area contributed by atoms with E-state index in [9.17, 15) is 9.59 Å². The standard InChI is InChI=1S/C13H24N2O3/c1-14-8-2-3-12(16)15-9-6-11(7-10-15)4-5-13(17)18/h11,14H,2-10H2,1H3,(H,17,18). The van der Waals surface area contributed by atoms with Crippen molar-refractivity contribution in [3.63, 3.8) is 0 Å². The lowest BCUT2D eigenvalue weighted by Gasteiger charge is -2.32. The Morgan fingerprint density at radius 1 is 1.28 bits per heavy atom. The average Bonchev–Trinajstić information content (AvgIpc) is 2.37. The van der Waals surface area contributed by atoms with Gasteiger partial charge in [-0.1, -0.05) is 0 Å². The number of piperidine rings is 1. The van der Waals surface area contributed by atoms with Crippen molar-refractivity contribution < 1.29 is 14.7 Å². The number of aliphatic carboxylic acids is 1. The van der Waals surface area contributed by atoms with Gasteiger partial charge < -0.3 is 15.3 Å². The highest BCUT2D eigenvalue weighted by Gasteiger charge is 2.22. The predicted octanol–water partition coefficient (Wildman–Crippen LogP) is 1.09. The van der Waals surface area contributed by atoms with Crippen LogP contribution in [0.25, 0.3) is 0 Å².